The average molecular weight is 256 g/mol. The Morgan fingerprint density at radius 3 is 3.05 bits per heavy atom. The molecule has 19 heavy (non-hydrogen) atoms. The standard InChI is InChI=1S/C17H24N2/c1-13-5-4-6-15(11-13)18-10-9-14-12-19-17-8-3-2-7-16(14)17/h2-3,7-8,12-13,15,18-19H,4-6,9-11H2,1H3/t13-,15-/m1/s1. The first-order valence-electron chi connectivity index (χ1n) is 7.61. The van der Waals surface area contributed by atoms with E-state index in [0.29, 0.717) is 0 Å². The van der Waals surface area contributed by atoms with Crippen LogP contribution in [0.2, 0.25) is 0 Å². The number of aromatic amines is 1. The first kappa shape index (κ1) is 12.7. The van der Waals surface area contributed by atoms with Gasteiger partial charge < -0.3 is 10.3 Å². The number of aromatic nitrogens is 1. The molecule has 0 spiro atoms. The summed E-state index contributed by atoms with van der Waals surface area (Å²) in [5.41, 5.74) is 2.69. The first-order chi connectivity index (χ1) is 9.33. The fraction of sp³-hybridized carbons (Fsp3) is 0.529. The molecule has 2 nitrogen and oxygen atoms in total. The van der Waals surface area contributed by atoms with Crippen molar-refractivity contribution >= 4 is 10.9 Å². The predicted octanol–water partition coefficient (Wildman–Crippen LogP) is 3.88. The van der Waals surface area contributed by atoms with Gasteiger partial charge in [-0.25, -0.2) is 0 Å². The lowest BCUT2D eigenvalue weighted by Gasteiger charge is -2.27. The van der Waals surface area contributed by atoms with Crippen LogP contribution in [-0.2, 0) is 6.42 Å². The van der Waals surface area contributed by atoms with Crippen molar-refractivity contribution < 1.29 is 0 Å². The van der Waals surface area contributed by atoms with Gasteiger partial charge in [0, 0.05) is 23.1 Å². The second-order valence-electron chi connectivity index (χ2n) is 6.03. The zero-order chi connectivity index (χ0) is 13.1. The molecule has 0 radical (unpaired) electrons. The maximum Gasteiger partial charge on any atom is 0.0456 e. The monoisotopic (exact) mass is 256 g/mol. The fourth-order valence-electron chi connectivity index (χ4n) is 3.37. The predicted molar refractivity (Wildman–Crippen MR) is 81.4 cm³/mol. The highest BCUT2D eigenvalue weighted by Crippen LogP contribution is 2.23. The Morgan fingerprint density at radius 2 is 2.16 bits per heavy atom. The van der Waals surface area contributed by atoms with Crippen LogP contribution in [0.4, 0.5) is 0 Å². The number of fused-ring (bicyclic) bond motifs is 1. The summed E-state index contributed by atoms with van der Waals surface area (Å²) in [7, 11) is 0. The van der Waals surface area contributed by atoms with Crippen molar-refractivity contribution in [2.45, 2.75) is 45.1 Å². The molecule has 1 aromatic heterocycles. The van der Waals surface area contributed by atoms with E-state index >= 15 is 0 Å². The number of hydrogen-bond donors (Lipinski definition) is 2. The van der Waals surface area contributed by atoms with Gasteiger partial charge in [0.15, 0.2) is 0 Å². The van der Waals surface area contributed by atoms with Crippen molar-refractivity contribution in [3.63, 3.8) is 0 Å². The number of nitrogens with one attached hydrogen (secondary N) is 2. The van der Waals surface area contributed by atoms with E-state index < -0.39 is 0 Å². The summed E-state index contributed by atoms with van der Waals surface area (Å²) in [6, 6.07) is 9.31. The molecular weight excluding hydrogens is 232 g/mol. The van der Waals surface area contributed by atoms with Gasteiger partial charge in [-0.1, -0.05) is 38.0 Å². The van der Waals surface area contributed by atoms with Crippen LogP contribution in [0.1, 0.15) is 38.2 Å². The van der Waals surface area contributed by atoms with Crippen LogP contribution in [0, 0.1) is 5.92 Å². The van der Waals surface area contributed by atoms with Crippen LogP contribution in [0.25, 0.3) is 10.9 Å². The van der Waals surface area contributed by atoms with Gasteiger partial charge >= 0.3 is 0 Å². The topological polar surface area (TPSA) is 27.8 Å². The number of rotatable bonds is 4. The van der Waals surface area contributed by atoms with Gasteiger partial charge in [0.25, 0.3) is 0 Å². The van der Waals surface area contributed by atoms with E-state index in [-0.39, 0.29) is 0 Å². The van der Waals surface area contributed by atoms with Gasteiger partial charge in [-0.2, -0.15) is 0 Å². The van der Waals surface area contributed by atoms with Gasteiger partial charge in [0.2, 0.25) is 0 Å². The lowest BCUT2D eigenvalue weighted by atomic mass is 9.87. The van der Waals surface area contributed by atoms with Gasteiger partial charge in [-0.05, 0) is 43.4 Å². The van der Waals surface area contributed by atoms with Crippen molar-refractivity contribution in [2.75, 3.05) is 6.54 Å². The zero-order valence-electron chi connectivity index (χ0n) is 11.8. The fourth-order valence-corrected chi connectivity index (χ4v) is 3.37. The van der Waals surface area contributed by atoms with Crippen LogP contribution in [0.3, 0.4) is 0 Å². The van der Waals surface area contributed by atoms with E-state index in [0.717, 1.165) is 24.9 Å². The van der Waals surface area contributed by atoms with Crippen molar-refractivity contribution in [2.24, 2.45) is 5.92 Å². The Labute approximate surface area is 115 Å². The minimum absolute atomic E-state index is 0.744. The zero-order valence-corrected chi connectivity index (χ0v) is 11.8. The summed E-state index contributed by atoms with van der Waals surface area (Å²) in [5.74, 6) is 0.902. The molecule has 2 aromatic rings. The Balaban J connectivity index is 1.55. The normalized spacial score (nSPS) is 23.8. The molecule has 1 saturated carbocycles. The quantitative estimate of drug-likeness (QED) is 0.853. The third-order valence-electron chi connectivity index (χ3n) is 4.44. The van der Waals surface area contributed by atoms with Crippen LogP contribution in [0.5, 0.6) is 0 Å². The third-order valence-corrected chi connectivity index (χ3v) is 4.44. The van der Waals surface area contributed by atoms with E-state index in [1.165, 1.54) is 42.1 Å². The number of para-hydroxylation sites is 1. The van der Waals surface area contributed by atoms with Crippen LogP contribution < -0.4 is 5.32 Å². The third kappa shape index (κ3) is 3.01. The van der Waals surface area contributed by atoms with Gasteiger partial charge in [-0.3, -0.25) is 0 Å². The Kier molecular flexibility index (Phi) is 3.88. The smallest absolute Gasteiger partial charge is 0.0456 e. The van der Waals surface area contributed by atoms with Crippen molar-refractivity contribution in [1.29, 1.82) is 0 Å². The molecule has 1 heterocycles. The highest BCUT2D eigenvalue weighted by atomic mass is 14.9. The van der Waals surface area contributed by atoms with Crippen molar-refractivity contribution in [3.8, 4) is 0 Å². The molecule has 0 unspecified atom stereocenters. The number of H-pyrrole nitrogens is 1. The summed E-state index contributed by atoms with van der Waals surface area (Å²) in [4.78, 5) is 3.36. The molecule has 2 N–H and O–H groups in total. The highest BCUT2D eigenvalue weighted by molar-refractivity contribution is 5.83. The Morgan fingerprint density at radius 1 is 1.26 bits per heavy atom. The Bertz CT molecular complexity index is 529. The van der Waals surface area contributed by atoms with Gasteiger partial charge in [-0.15, -0.1) is 0 Å². The Hall–Kier alpha value is -1.28. The molecule has 1 aliphatic rings. The summed E-state index contributed by atoms with van der Waals surface area (Å²) < 4.78 is 0. The molecule has 102 valence electrons. The van der Waals surface area contributed by atoms with E-state index in [1.54, 1.807) is 0 Å². The number of hydrogen-bond acceptors (Lipinski definition) is 1. The van der Waals surface area contributed by atoms with Crippen LogP contribution in [-0.4, -0.2) is 17.6 Å². The highest BCUT2D eigenvalue weighted by Gasteiger charge is 2.17. The molecule has 2 atom stereocenters. The van der Waals surface area contributed by atoms with E-state index in [2.05, 4.69) is 47.7 Å². The lowest BCUT2D eigenvalue weighted by Crippen LogP contribution is -2.34. The SMILES string of the molecule is C[C@@H]1CCC[C@@H](NCCc2c[nH]c3ccccc23)C1. The first-order valence-corrected chi connectivity index (χ1v) is 7.61. The minimum atomic E-state index is 0.744. The maximum atomic E-state index is 3.74. The molecule has 1 fully saturated rings. The molecule has 0 bridgehead atoms. The average Bonchev–Trinajstić information content (AvgIpc) is 2.83. The van der Waals surface area contributed by atoms with Gasteiger partial charge in [0.05, 0.1) is 0 Å². The molecule has 0 saturated heterocycles. The second-order valence-corrected chi connectivity index (χ2v) is 6.03. The summed E-state index contributed by atoms with van der Waals surface area (Å²) in [5, 5.41) is 5.12. The molecule has 0 amide bonds. The summed E-state index contributed by atoms with van der Waals surface area (Å²) in [6.07, 6.45) is 8.81. The molecule has 1 aromatic carbocycles. The minimum Gasteiger partial charge on any atom is -0.361 e. The largest absolute Gasteiger partial charge is 0.361 e. The molecule has 3 rings (SSSR count). The van der Waals surface area contributed by atoms with E-state index in [1.807, 2.05) is 0 Å². The molecule has 1 aliphatic carbocycles. The molecular formula is C17H24N2. The summed E-state index contributed by atoms with van der Waals surface area (Å²) >= 11 is 0. The second kappa shape index (κ2) is 5.79. The van der Waals surface area contributed by atoms with Crippen molar-refractivity contribution in [3.05, 3.63) is 36.0 Å². The van der Waals surface area contributed by atoms with E-state index in [9.17, 15) is 0 Å². The molecule has 2 heteroatoms. The lowest BCUT2D eigenvalue weighted by molar-refractivity contribution is 0.303. The van der Waals surface area contributed by atoms with Gasteiger partial charge in [0.1, 0.15) is 0 Å². The van der Waals surface area contributed by atoms with Crippen LogP contribution in [0.15, 0.2) is 30.5 Å². The molecule has 0 aliphatic heterocycles. The van der Waals surface area contributed by atoms with Crippen LogP contribution >= 0.6 is 0 Å². The van der Waals surface area contributed by atoms with Crippen molar-refractivity contribution in [1.82, 2.24) is 10.3 Å². The maximum absolute atomic E-state index is 3.74. The summed E-state index contributed by atoms with van der Waals surface area (Å²) in [6.45, 7) is 3.48. The van der Waals surface area contributed by atoms with E-state index in [4.69, 9.17) is 0 Å². The number of benzene rings is 1.